The Balaban J connectivity index is 1.22. The minimum absolute atomic E-state index is 0.0323. The number of carbonyl (C=O) groups excluding carboxylic acids is 1. The lowest BCUT2D eigenvalue weighted by Gasteiger charge is -2.42. The van der Waals surface area contributed by atoms with E-state index < -0.39 is 54.5 Å². The van der Waals surface area contributed by atoms with Gasteiger partial charge in [-0.3, -0.25) is 9.80 Å². The Morgan fingerprint density at radius 3 is 1.96 bits per heavy atom. The number of carbonyl (C=O) groups is 1. The van der Waals surface area contributed by atoms with Gasteiger partial charge in [-0.05, 0) is 123 Å². The highest BCUT2D eigenvalue weighted by Gasteiger charge is 2.50. The molecule has 6 heterocycles. The number of rotatable bonds is 16. The number of hydrogen-bond donors (Lipinski definition) is 0. The maximum atomic E-state index is 19.0. The molecule has 6 aromatic rings. The zero-order valence-electron chi connectivity index (χ0n) is 49.4. The van der Waals surface area contributed by atoms with Crippen molar-refractivity contribution < 1.29 is 46.0 Å². The Hall–Kier alpha value is -6.84. The van der Waals surface area contributed by atoms with E-state index in [2.05, 4.69) is 57.9 Å². The largest absolute Gasteiger partial charge is 0.497 e. The molecule has 0 radical (unpaired) electrons. The Morgan fingerprint density at radius 1 is 0.793 bits per heavy atom. The Kier molecular flexibility index (Phi) is 16.4. The van der Waals surface area contributed by atoms with E-state index in [1.54, 1.807) is 25.2 Å². The lowest BCUT2D eigenvalue weighted by atomic mass is 9.95. The first-order chi connectivity index (χ1) is 39.1. The molecule has 4 aliphatic heterocycles. The van der Waals surface area contributed by atoms with Gasteiger partial charge in [0.25, 0.3) is 0 Å². The van der Waals surface area contributed by atoms with Crippen LogP contribution in [0.1, 0.15) is 111 Å². The summed E-state index contributed by atoms with van der Waals surface area (Å²) in [5, 5.41) is 0.502. The maximum absolute atomic E-state index is 19.0. The van der Waals surface area contributed by atoms with Crippen molar-refractivity contribution in [2.75, 3.05) is 63.9 Å². The molecule has 2 bridgehead atoms. The summed E-state index contributed by atoms with van der Waals surface area (Å²) < 4.78 is 99.5. The van der Waals surface area contributed by atoms with E-state index in [1.165, 1.54) is 13.2 Å². The zero-order chi connectivity index (χ0) is 58.6. The average molecular weight is 1140 g/mol. The number of amides is 1. The summed E-state index contributed by atoms with van der Waals surface area (Å²) in [6.45, 7) is 20.6. The number of anilines is 2. The number of fused-ring (bicyclic) bond motifs is 5. The molecule has 18 heteroatoms. The number of aromatic nitrogens is 3. The van der Waals surface area contributed by atoms with Gasteiger partial charge in [0.05, 0.1) is 61.2 Å². The summed E-state index contributed by atoms with van der Waals surface area (Å²) >= 11 is 0. The highest BCUT2D eigenvalue weighted by Crippen LogP contribution is 2.48. The van der Waals surface area contributed by atoms with Gasteiger partial charge in [0, 0.05) is 44.5 Å². The van der Waals surface area contributed by atoms with Gasteiger partial charge in [0.2, 0.25) is 0 Å². The van der Waals surface area contributed by atoms with Gasteiger partial charge in [-0.2, -0.15) is 9.97 Å². The standard InChI is InChI=1S/C64H77F4N7O6Si/c1-38(2)82(39(3)4,40(5)6)29-26-49-50(66)25-18-43-30-51(72(32-41-14-21-47(77-10)22-15-41)33-42-16-23-48(78-11)24-17-42)69-57(52(43)49)53-55(67)58-54(59(79-12)56(53)68)60(71-61(70-58)80-37-64-27-13-28-74(64)34-44(65)31-64)73-35-45-19-20-46(36-73)75(45)62(76)81-63(7,8)9/h14-18,21-25,30,38-40,44-46H,13,19-20,27-28,31-37H2,1-12H3/t44-,45?,46?,64+/m1/s1. The summed E-state index contributed by atoms with van der Waals surface area (Å²) in [7, 11) is 1.97. The van der Waals surface area contributed by atoms with E-state index in [9.17, 15) is 4.79 Å². The second kappa shape index (κ2) is 23.1. The zero-order valence-corrected chi connectivity index (χ0v) is 50.4. The Labute approximate surface area is 480 Å². The minimum atomic E-state index is -2.54. The van der Waals surface area contributed by atoms with Crippen LogP contribution in [0.5, 0.6) is 23.3 Å². The van der Waals surface area contributed by atoms with Crippen molar-refractivity contribution in [2.45, 2.75) is 154 Å². The van der Waals surface area contributed by atoms with E-state index in [0.717, 1.165) is 17.5 Å². The molecule has 0 spiro atoms. The maximum Gasteiger partial charge on any atom is 0.410 e. The molecule has 4 atom stereocenters. The van der Waals surface area contributed by atoms with Crippen LogP contribution >= 0.6 is 0 Å². The molecule has 4 fully saturated rings. The summed E-state index contributed by atoms with van der Waals surface area (Å²) in [5.41, 5.74) is 3.51. The van der Waals surface area contributed by atoms with Crippen molar-refractivity contribution in [3.8, 4) is 46.0 Å². The molecular weight excluding hydrogens is 1070 g/mol. The van der Waals surface area contributed by atoms with Crippen LogP contribution in [-0.4, -0.2) is 122 Å². The molecule has 0 aliphatic carbocycles. The number of ether oxygens (including phenoxy) is 5. The van der Waals surface area contributed by atoms with Crippen molar-refractivity contribution >= 4 is 47.5 Å². The third kappa shape index (κ3) is 11.0. The number of hydrogen-bond acceptors (Lipinski definition) is 12. The van der Waals surface area contributed by atoms with E-state index >= 15 is 17.6 Å². The van der Waals surface area contributed by atoms with Crippen LogP contribution < -0.4 is 28.7 Å². The Morgan fingerprint density at radius 2 is 1.40 bits per heavy atom. The predicted octanol–water partition coefficient (Wildman–Crippen LogP) is 13.6. The number of halogens is 4. The summed E-state index contributed by atoms with van der Waals surface area (Å²) in [4.78, 5) is 36.6. The summed E-state index contributed by atoms with van der Waals surface area (Å²) in [5.74, 6) is 1.91. The second-order valence-electron chi connectivity index (χ2n) is 24.7. The number of benzene rings is 4. The van der Waals surface area contributed by atoms with Gasteiger partial charge in [0.1, 0.15) is 60.9 Å². The third-order valence-electron chi connectivity index (χ3n) is 17.6. The predicted molar refractivity (Wildman–Crippen MR) is 316 cm³/mol. The summed E-state index contributed by atoms with van der Waals surface area (Å²) in [6, 6.07) is 19.2. The normalized spacial score (nSPS) is 20.0. The number of nitrogens with zero attached hydrogens (tertiary/aromatic N) is 7. The molecule has 1 amide bonds. The van der Waals surface area contributed by atoms with Crippen LogP contribution in [0.25, 0.3) is 32.9 Å². The van der Waals surface area contributed by atoms with Crippen molar-refractivity contribution in [1.82, 2.24) is 24.8 Å². The van der Waals surface area contributed by atoms with Gasteiger partial charge in [-0.1, -0.05) is 77.8 Å². The molecule has 4 aliphatic rings. The van der Waals surface area contributed by atoms with Gasteiger partial charge in [0.15, 0.2) is 17.4 Å². The first kappa shape index (κ1) is 58.4. The minimum Gasteiger partial charge on any atom is -0.497 e. The van der Waals surface area contributed by atoms with E-state index in [0.29, 0.717) is 61.6 Å². The molecule has 4 saturated heterocycles. The molecule has 4 aromatic carbocycles. The lowest BCUT2D eigenvalue weighted by molar-refractivity contribution is 0.0122. The number of methoxy groups -OCH3 is 3. The lowest BCUT2D eigenvalue weighted by Crippen LogP contribution is -2.57. The van der Waals surface area contributed by atoms with Crippen molar-refractivity contribution in [1.29, 1.82) is 0 Å². The number of pyridine rings is 1. The van der Waals surface area contributed by atoms with E-state index in [-0.39, 0.29) is 106 Å². The van der Waals surface area contributed by atoms with E-state index in [1.807, 2.05) is 85.2 Å². The van der Waals surface area contributed by atoms with Gasteiger partial charge < -0.3 is 33.5 Å². The number of piperazine rings is 1. The molecule has 2 unspecified atom stereocenters. The highest BCUT2D eigenvalue weighted by molar-refractivity contribution is 6.90. The summed E-state index contributed by atoms with van der Waals surface area (Å²) in [6.07, 6.45) is 1.68. The molecule has 82 heavy (non-hydrogen) atoms. The van der Waals surface area contributed by atoms with Crippen molar-refractivity contribution in [3.05, 3.63) is 101 Å². The van der Waals surface area contributed by atoms with Gasteiger partial charge in [-0.15, -0.1) is 5.54 Å². The second-order valence-corrected chi connectivity index (χ2v) is 30.3. The fraction of sp³-hybridized carbons (Fsp3) is 0.500. The van der Waals surface area contributed by atoms with Gasteiger partial charge in [-0.25, -0.2) is 27.3 Å². The molecule has 0 N–H and O–H groups in total. The third-order valence-corrected chi connectivity index (χ3v) is 23.9. The van der Waals surface area contributed by atoms with Crippen LogP contribution in [0.3, 0.4) is 0 Å². The molecule has 436 valence electrons. The van der Waals surface area contributed by atoms with Crippen LogP contribution in [0.4, 0.5) is 34.0 Å². The van der Waals surface area contributed by atoms with Crippen LogP contribution in [-0.2, 0) is 17.8 Å². The fourth-order valence-electron chi connectivity index (χ4n) is 13.8. The smallest absolute Gasteiger partial charge is 0.410 e. The van der Waals surface area contributed by atoms with Crippen LogP contribution in [0.2, 0.25) is 16.6 Å². The topological polar surface area (TPSA) is 115 Å². The quantitative estimate of drug-likeness (QED) is 0.0522. The van der Waals surface area contributed by atoms with Crippen LogP contribution in [0, 0.1) is 28.9 Å². The molecule has 13 nitrogen and oxygen atoms in total. The van der Waals surface area contributed by atoms with Crippen molar-refractivity contribution in [2.24, 2.45) is 0 Å². The fourth-order valence-corrected chi connectivity index (χ4v) is 19.0. The SMILES string of the molecule is COc1ccc(CN(Cc2ccc(OC)cc2)c2cc3ccc(F)c(C#C[Si](C(C)C)(C(C)C)C(C)C)c3c(-c3c(F)c(OC)c4c(N5CC6CCC(C5)N6C(=O)OC(C)(C)C)nc(OC[C@@]56CCCN5C[C@H](F)C6)nc4c3F)n2)cc1. The van der Waals surface area contributed by atoms with Crippen LogP contribution in [0.15, 0.2) is 66.7 Å². The first-order valence-corrected chi connectivity index (χ1v) is 31.0. The monoisotopic (exact) mass is 1140 g/mol. The molecule has 0 saturated carbocycles. The number of alkyl halides is 1. The molecule has 10 rings (SSSR count). The highest BCUT2D eigenvalue weighted by atomic mass is 28.3. The first-order valence-electron chi connectivity index (χ1n) is 28.8. The van der Waals surface area contributed by atoms with Crippen molar-refractivity contribution in [3.63, 3.8) is 0 Å². The van der Waals surface area contributed by atoms with E-state index in [4.69, 9.17) is 38.6 Å². The molecular formula is C64H77F4N7O6Si. The Bertz CT molecular complexity index is 3340. The average Bonchev–Trinajstić information content (AvgIpc) is 3.13. The molecule has 2 aromatic heterocycles. The van der Waals surface area contributed by atoms with Gasteiger partial charge >= 0.3 is 12.1 Å².